The lowest BCUT2D eigenvalue weighted by Crippen LogP contribution is -2.52. The third-order valence-corrected chi connectivity index (χ3v) is 6.75. The predicted octanol–water partition coefficient (Wildman–Crippen LogP) is 6.02. The van der Waals surface area contributed by atoms with Crippen LogP contribution in [0.4, 0.5) is 11.4 Å². The average Bonchev–Trinajstić information content (AvgIpc) is 2.74. The van der Waals surface area contributed by atoms with Gasteiger partial charge in [-0.05, 0) is 62.2 Å². The van der Waals surface area contributed by atoms with Crippen molar-refractivity contribution in [3.05, 3.63) is 90.8 Å². The summed E-state index contributed by atoms with van der Waals surface area (Å²) in [6.07, 6.45) is -0.946. The summed E-state index contributed by atoms with van der Waals surface area (Å²) in [5, 5.41) is 3.34. The van der Waals surface area contributed by atoms with Crippen molar-refractivity contribution in [2.75, 3.05) is 10.2 Å². The van der Waals surface area contributed by atoms with Crippen LogP contribution in [0, 0.1) is 0 Å². The predicted molar refractivity (Wildman–Crippen MR) is 128 cm³/mol. The number of carbonyl (C=O) groups excluding carboxylic acids is 2. The summed E-state index contributed by atoms with van der Waals surface area (Å²) in [5.41, 5.74) is 2.97. The fraction of sp³-hybridized carbons (Fsp3) is 0.0455. The number of amides is 1. The summed E-state index contributed by atoms with van der Waals surface area (Å²) in [6, 6.07) is 18.2. The van der Waals surface area contributed by atoms with Crippen LogP contribution in [0.2, 0.25) is 0 Å². The van der Waals surface area contributed by atoms with Crippen LogP contribution in [0.15, 0.2) is 79.1 Å². The number of nitrogens with one attached hydrogen (secondary N) is 1. The molecular formula is C22H12Br3N3O2. The maximum absolute atomic E-state index is 13.2. The van der Waals surface area contributed by atoms with Gasteiger partial charge in [0.15, 0.2) is 6.17 Å². The number of Topliss-reactive ketones (excluding diaryl/α,β-unsaturated/α-hetero) is 1. The van der Waals surface area contributed by atoms with Gasteiger partial charge in [0.2, 0.25) is 5.78 Å². The van der Waals surface area contributed by atoms with E-state index in [9.17, 15) is 9.59 Å². The molecule has 30 heavy (non-hydrogen) atoms. The summed E-state index contributed by atoms with van der Waals surface area (Å²) in [4.78, 5) is 32.6. The number of ketones is 1. The number of para-hydroxylation sites is 1. The third kappa shape index (κ3) is 3.05. The van der Waals surface area contributed by atoms with Gasteiger partial charge in [-0.2, -0.15) is 0 Å². The van der Waals surface area contributed by atoms with E-state index >= 15 is 0 Å². The van der Waals surface area contributed by atoms with E-state index in [1.54, 1.807) is 24.3 Å². The van der Waals surface area contributed by atoms with Crippen molar-refractivity contribution >= 4 is 76.7 Å². The lowest BCUT2D eigenvalue weighted by molar-refractivity contribution is 0.0871. The molecule has 8 heteroatoms. The topological polar surface area (TPSA) is 61.8 Å². The lowest BCUT2D eigenvalue weighted by atomic mass is 9.93. The Morgan fingerprint density at radius 3 is 2.13 bits per heavy atom. The molecule has 0 bridgehead atoms. The Kier molecular flexibility index (Phi) is 4.88. The van der Waals surface area contributed by atoms with E-state index in [2.05, 4.69) is 58.1 Å². The molecule has 3 aromatic rings. The SMILES string of the molecule is O=C1c2ccccc2C(=O)N2c3ccccc3C(Nc3c(Br)cc(Br)cc3Br)=NC12. The molecule has 2 aliphatic rings. The fourth-order valence-corrected chi connectivity index (χ4v) is 6.15. The molecule has 1 atom stereocenters. The van der Waals surface area contributed by atoms with Gasteiger partial charge in [0.1, 0.15) is 5.84 Å². The summed E-state index contributed by atoms with van der Waals surface area (Å²) >= 11 is 10.6. The molecule has 1 unspecified atom stereocenters. The smallest absolute Gasteiger partial charge is 0.261 e. The maximum atomic E-state index is 13.2. The van der Waals surface area contributed by atoms with E-state index in [0.717, 1.165) is 24.7 Å². The van der Waals surface area contributed by atoms with Crippen LogP contribution in [-0.4, -0.2) is 23.7 Å². The van der Waals surface area contributed by atoms with Gasteiger partial charge in [-0.1, -0.05) is 46.3 Å². The van der Waals surface area contributed by atoms with Gasteiger partial charge in [0, 0.05) is 24.5 Å². The number of aliphatic imine (C=N–C) groups is 1. The van der Waals surface area contributed by atoms with Crippen molar-refractivity contribution in [1.29, 1.82) is 0 Å². The van der Waals surface area contributed by atoms with Crippen LogP contribution in [0.3, 0.4) is 0 Å². The summed E-state index contributed by atoms with van der Waals surface area (Å²) in [6.45, 7) is 0. The van der Waals surface area contributed by atoms with Crippen LogP contribution >= 0.6 is 47.8 Å². The number of hydrogen-bond donors (Lipinski definition) is 1. The minimum absolute atomic E-state index is 0.201. The second kappa shape index (κ2) is 7.44. The number of fused-ring (bicyclic) bond motifs is 4. The highest BCUT2D eigenvalue weighted by Gasteiger charge is 2.43. The number of anilines is 2. The van der Waals surface area contributed by atoms with Crippen molar-refractivity contribution in [1.82, 2.24) is 0 Å². The Labute approximate surface area is 197 Å². The van der Waals surface area contributed by atoms with Gasteiger partial charge in [-0.3, -0.25) is 14.5 Å². The number of hydrogen-bond acceptors (Lipinski definition) is 4. The van der Waals surface area contributed by atoms with E-state index in [0.29, 0.717) is 22.6 Å². The van der Waals surface area contributed by atoms with Crippen molar-refractivity contribution in [2.45, 2.75) is 6.17 Å². The third-order valence-electron chi connectivity index (χ3n) is 5.04. The Morgan fingerprint density at radius 1 is 0.833 bits per heavy atom. The quantitative estimate of drug-likeness (QED) is 0.378. The molecule has 2 aliphatic heterocycles. The van der Waals surface area contributed by atoms with Gasteiger partial charge >= 0.3 is 0 Å². The maximum Gasteiger partial charge on any atom is 0.261 e. The molecule has 0 aliphatic carbocycles. The van der Waals surface area contributed by atoms with Gasteiger partial charge in [0.25, 0.3) is 5.91 Å². The summed E-state index contributed by atoms with van der Waals surface area (Å²) in [5.74, 6) is 0.0977. The molecule has 0 radical (unpaired) electrons. The Bertz CT molecular complexity index is 1250. The standard InChI is InChI=1S/C22H12Br3N3O2/c23-11-9-15(24)18(16(25)10-11)26-20-14-7-3-4-8-17(14)28-21(27-20)19(29)12-5-1-2-6-13(12)22(28)30/h1-10,21H,(H,26,27). The average molecular weight is 590 g/mol. The van der Waals surface area contributed by atoms with Gasteiger partial charge in [-0.15, -0.1) is 0 Å². The van der Waals surface area contributed by atoms with E-state index in [-0.39, 0.29) is 11.7 Å². The Morgan fingerprint density at radius 2 is 1.43 bits per heavy atom. The minimum atomic E-state index is -0.946. The van der Waals surface area contributed by atoms with E-state index in [1.165, 1.54) is 4.90 Å². The zero-order chi connectivity index (χ0) is 21.0. The Hall–Kier alpha value is -2.29. The monoisotopic (exact) mass is 587 g/mol. The van der Waals surface area contributed by atoms with Crippen molar-refractivity contribution < 1.29 is 9.59 Å². The molecule has 3 aromatic carbocycles. The normalized spacial score (nSPS) is 17.1. The Balaban J connectivity index is 1.67. The molecule has 0 fully saturated rings. The molecular weight excluding hydrogens is 578 g/mol. The zero-order valence-corrected chi connectivity index (χ0v) is 20.0. The van der Waals surface area contributed by atoms with Crippen LogP contribution in [0.1, 0.15) is 26.3 Å². The summed E-state index contributed by atoms with van der Waals surface area (Å²) < 4.78 is 2.55. The zero-order valence-electron chi connectivity index (χ0n) is 15.2. The molecule has 5 nitrogen and oxygen atoms in total. The second-order valence-electron chi connectivity index (χ2n) is 6.82. The largest absolute Gasteiger partial charge is 0.338 e. The van der Waals surface area contributed by atoms with Gasteiger partial charge in [0.05, 0.1) is 16.9 Å². The first-order chi connectivity index (χ1) is 14.5. The van der Waals surface area contributed by atoms with Gasteiger partial charge < -0.3 is 5.32 Å². The summed E-state index contributed by atoms with van der Waals surface area (Å²) in [7, 11) is 0. The van der Waals surface area contributed by atoms with Crippen LogP contribution < -0.4 is 10.2 Å². The molecule has 0 saturated carbocycles. The van der Waals surface area contributed by atoms with E-state index in [4.69, 9.17) is 0 Å². The van der Waals surface area contributed by atoms with Crippen LogP contribution in [0.25, 0.3) is 0 Å². The lowest BCUT2D eigenvalue weighted by Gasteiger charge is -2.37. The van der Waals surface area contributed by atoms with Crippen molar-refractivity contribution in [2.24, 2.45) is 4.99 Å². The minimum Gasteiger partial charge on any atom is -0.338 e. The number of halogens is 3. The van der Waals surface area contributed by atoms with E-state index in [1.807, 2.05) is 36.4 Å². The molecule has 148 valence electrons. The van der Waals surface area contributed by atoms with Crippen LogP contribution in [0.5, 0.6) is 0 Å². The molecule has 2 heterocycles. The van der Waals surface area contributed by atoms with E-state index < -0.39 is 6.17 Å². The fourth-order valence-electron chi connectivity index (χ4n) is 3.69. The first kappa shape index (κ1) is 19.7. The molecule has 0 aromatic heterocycles. The molecule has 0 saturated heterocycles. The van der Waals surface area contributed by atoms with Crippen LogP contribution in [-0.2, 0) is 0 Å². The van der Waals surface area contributed by atoms with Crippen molar-refractivity contribution in [3.8, 4) is 0 Å². The highest BCUT2D eigenvalue weighted by atomic mass is 79.9. The molecule has 5 rings (SSSR count). The first-order valence-corrected chi connectivity index (χ1v) is 11.4. The number of rotatable bonds is 1. The highest BCUT2D eigenvalue weighted by Crippen LogP contribution is 2.38. The first-order valence-electron chi connectivity index (χ1n) is 9.01. The second-order valence-corrected chi connectivity index (χ2v) is 9.45. The number of amidine groups is 1. The number of benzene rings is 3. The number of carbonyl (C=O) groups is 2. The highest BCUT2D eigenvalue weighted by molar-refractivity contribution is 9.11. The molecule has 0 spiro atoms. The number of nitrogens with zero attached hydrogens (tertiary/aromatic N) is 2. The van der Waals surface area contributed by atoms with Gasteiger partial charge in [-0.25, -0.2) is 4.99 Å². The molecule has 1 N–H and O–H groups in total. The molecule has 1 amide bonds. The van der Waals surface area contributed by atoms with Crippen molar-refractivity contribution in [3.63, 3.8) is 0 Å².